The minimum absolute atomic E-state index is 0.0417. The lowest BCUT2D eigenvalue weighted by atomic mass is 10.1. The van der Waals surface area contributed by atoms with E-state index in [1.807, 2.05) is 12.1 Å². The van der Waals surface area contributed by atoms with Crippen molar-refractivity contribution in [3.05, 3.63) is 73.3 Å². The molecule has 1 aromatic carbocycles. The number of benzene rings is 1. The molecular weight excluding hydrogens is 342 g/mol. The second-order valence-corrected chi connectivity index (χ2v) is 7.16. The summed E-state index contributed by atoms with van der Waals surface area (Å²) in [6.07, 6.45) is 0.796. The lowest BCUT2D eigenvalue weighted by molar-refractivity contribution is 0.242. The average Bonchev–Trinajstić information content (AvgIpc) is 3.09. The van der Waals surface area contributed by atoms with Crippen LogP contribution in [0.15, 0.2) is 45.9 Å². The Labute approximate surface area is 148 Å². The molecule has 1 aliphatic rings. The molecule has 0 fully saturated rings. The van der Waals surface area contributed by atoms with Gasteiger partial charge in [-0.15, -0.1) is 0 Å². The number of hydrogen-bond acceptors (Lipinski definition) is 4. The average molecular weight is 358 g/mol. The van der Waals surface area contributed by atoms with Crippen molar-refractivity contribution in [3.8, 4) is 11.4 Å². The monoisotopic (exact) mass is 357 g/mol. The quantitative estimate of drug-likeness (QED) is 0.777. The highest BCUT2D eigenvalue weighted by molar-refractivity contribution is 7.07. The lowest BCUT2D eigenvalue weighted by Gasteiger charge is -2.27. The Morgan fingerprint density at radius 3 is 2.83 bits per heavy atom. The fraction of sp³-hybridized carbons (Fsp3) is 0.222. The number of aromatic nitrogens is 2. The van der Waals surface area contributed by atoms with Crippen LogP contribution in [0.25, 0.3) is 11.4 Å². The van der Waals surface area contributed by atoms with Crippen LogP contribution in [-0.4, -0.2) is 21.4 Å². The molecule has 0 amide bonds. The number of fused-ring (bicyclic) bond motifs is 1. The van der Waals surface area contributed by atoms with E-state index >= 15 is 0 Å². The molecule has 3 heterocycles. The Morgan fingerprint density at radius 1 is 1.25 bits per heavy atom. The smallest absolute Gasteiger partial charge is 0.255 e. The second kappa shape index (κ2) is 6.51. The van der Waals surface area contributed by atoms with Crippen molar-refractivity contribution >= 4 is 22.9 Å². The molecule has 0 aliphatic carbocycles. The van der Waals surface area contributed by atoms with E-state index in [1.165, 1.54) is 5.56 Å². The first-order valence-corrected chi connectivity index (χ1v) is 9.12. The van der Waals surface area contributed by atoms with Crippen LogP contribution in [0.1, 0.15) is 16.8 Å². The van der Waals surface area contributed by atoms with E-state index in [1.54, 1.807) is 23.5 Å². The first-order valence-electron chi connectivity index (χ1n) is 7.80. The van der Waals surface area contributed by atoms with Crippen LogP contribution >= 0.6 is 22.9 Å². The third kappa shape index (κ3) is 3.15. The highest BCUT2D eigenvalue weighted by Crippen LogP contribution is 2.21. The molecule has 0 saturated carbocycles. The Balaban J connectivity index is 1.61. The predicted molar refractivity (Wildman–Crippen MR) is 97.4 cm³/mol. The summed E-state index contributed by atoms with van der Waals surface area (Å²) in [5.41, 5.74) is 3.82. The molecule has 6 heteroatoms. The van der Waals surface area contributed by atoms with E-state index in [0.717, 1.165) is 36.3 Å². The van der Waals surface area contributed by atoms with E-state index in [4.69, 9.17) is 11.6 Å². The molecular formula is C18H16ClN3OS. The van der Waals surface area contributed by atoms with Crippen LogP contribution in [0.5, 0.6) is 0 Å². The molecule has 0 spiro atoms. The number of thiophene rings is 1. The largest absolute Gasteiger partial charge is 0.306 e. The Hall–Kier alpha value is -1.95. The van der Waals surface area contributed by atoms with Crippen molar-refractivity contribution in [2.75, 3.05) is 6.54 Å². The van der Waals surface area contributed by atoms with Crippen molar-refractivity contribution in [1.82, 2.24) is 14.9 Å². The summed E-state index contributed by atoms with van der Waals surface area (Å²) in [4.78, 5) is 22.4. The van der Waals surface area contributed by atoms with Crippen molar-refractivity contribution < 1.29 is 0 Å². The van der Waals surface area contributed by atoms with E-state index < -0.39 is 0 Å². The molecule has 3 aromatic rings. The lowest BCUT2D eigenvalue weighted by Crippen LogP contribution is -2.35. The molecule has 0 bridgehead atoms. The fourth-order valence-corrected chi connectivity index (χ4v) is 3.79. The van der Waals surface area contributed by atoms with E-state index in [2.05, 4.69) is 31.7 Å². The van der Waals surface area contributed by atoms with Gasteiger partial charge in [0.15, 0.2) is 0 Å². The number of hydrogen-bond donors (Lipinski definition) is 1. The van der Waals surface area contributed by atoms with Gasteiger partial charge in [0.05, 0.1) is 11.3 Å². The summed E-state index contributed by atoms with van der Waals surface area (Å²) in [5, 5.41) is 4.91. The van der Waals surface area contributed by atoms with E-state index in [0.29, 0.717) is 17.4 Å². The van der Waals surface area contributed by atoms with Crippen LogP contribution in [0.2, 0.25) is 5.02 Å². The summed E-state index contributed by atoms with van der Waals surface area (Å²) in [6, 6.07) is 9.49. The maximum Gasteiger partial charge on any atom is 0.255 e. The Morgan fingerprint density at radius 2 is 2.08 bits per heavy atom. The number of rotatable bonds is 3. The zero-order valence-electron chi connectivity index (χ0n) is 13.0. The number of nitrogens with zero attached hydrogens (tertiary/aromatic N) is 2. The van der Waals surface area contributed by atoms with Crippen molar-refractivity contribution in [1.29, 1.82) is 0 Å². The van der Waals surface area contributed by atoms with Gasteiger partial charge in [-0.05, 0) is 46.7 Å². The zero-order chi connectivity index (χ0) is 16.5. The van der Waals surface area contributed by atoms with E-state index in [9.17, 15) is 4.79 Å². The SMILES string of the molecule is O=c1[nH]c(-c2ccc(Cl)cc2)nc2c1CN(Cc1ccsc1)CC2. The standard InChI is InChI=1S/C18H16ClN3OS/c19-14-3-1-13(2-4-14)17-20-16-5-7-22(9-12-6-8-24-11-12)10-15(16)18(23)21-17/h1-4,6,8,11H,5,7,9-10H2,(H,20,21,23). The molecule has 4 rings (SSSR count). The van der Waals surface area contributed by atoms with Gasteiger partial charge in [-0.1, -0.05) is 11.6 Å². The summed E-state index contributed by atoms with van der Waals surface area (Å²) in [6.45, 7) is 2.44. The van der Waals surface area contributed by atoms with Crippen LogP contribution in [-0.2, 0) is 19.5 Å². The third-order valence-electron chi connectivity index (χ3n) is 4.25. The minimum Gasteiger partial charge on any atom is -0.306 e. The summed E-state index contributed by atoms with van der Waals surface area (Å²) < 4.78 is 0. The molecule has 4 nitrogen and oxygen atoms in total. The van der Waals surface area contributed by atoms with Crippen molar-refractivity contribution in [2.45, 2.75) is 19.5 Å². The second-order valence-electron chi connectivity index (χ2n) is 5.94. The molecule has 0 saturated heterocycles. The fourth-order valence-electron chi connectivity index (χ4n) is 3.00. The van der Waals surface area contributed by atoms with Crippen molar-refractivity contribution in [3.63, 3.8) is 0 Å². The van der Waals surface area contributed by atoms with Gasteiger partial charge in [-0.25, -0.2) is 4.98 Å². The first kappa shape index (κ1) is 15.6. The number of H-pyrrole nitrogens is 1. The molecule has 1 aliphatic heterocycles. The van der Waals surface area contributed by atoms with Crippen LogP contribution in [0, 0.1) is 0 Å². The highest BCUT2D eigenvalue weighted by Gasteiger charge is 2.21. The molecule has 2 aromatic heterocycles. The number of halogens is 1. The maximum absolute atomic E-state index is 12.5. The van der Waals surface area contributed by atoms with Gasteiger partial charge in [0.1, 0.15) is 5.82 Å². The Bertz CT molecular complexity index is 903. The van der Waals surface area contributed by atoms with Crippen molar-refractivity contribution in [2.24, 2.45) is 0 Å². The summed E-state index contributed by atoms with van der Waals surface area (Å²) >= 11 is 7.62. The zero-order valence-corrected chi connectivity index (χ0v) is 14.5. The number of nitrogens with one attached hydrogen (secondary N) is 1. The third-order valence-corrected chi connectivity index (χ3v) is 5.24. The van der Waals surface area contributed by atoms with Crippen LogP contribution in [0.3, 0.4) is 0 Å². The summed E-state index contributed by atoms with van der Waals surface area (Å²) in [5.74, 6) is 0.613. The molecule has 24 heavy (non-hydrogen) atoms. The van der Waals surface area contributed by atoms with Gasteiger partial charge >= 0.3 is 0 Å². The molecule has 0 atom stereocenters. The normalized spacial score (nSPS) is 14.5. The minimum atomic E-state index is -0.0417. The molecule has 0 radical (unpaired) electrons. The first-order chi connectivity index (χ1) is 11.7. The van der Waals surface area contributed by atoms with Gasteiger partial charge in [-0.3, -0.25) is 9.69 Å². The molecule has 0 unspecified atom stereocenters. The number of aromatic amines is 1. The predicted octanol–water partition coefficient (Wildman–Crippen LogP) is 3.71. The maximum atomic E-state index is 12.5. The van der Waals surface area contributed by atoms with Crippen LogP contribution in [0.4, 0.5) is 0 Å². The van der Waals surface area contributed by atoms with Gasteiger partial charge in [-0.2, -0.15) is 11.3 Å². The van der Waals surface area contributed by atoms with Crippen LogP contribution < -0.4 is 5.56 Å². The summed E-state index contributed by atoms with van der Waals surface area (Å²) in [7, 11) is 0. The highest BCUT2D eigenvalue weighted by atomic mass is 35.5. The van der Waals surface area contributed by atoms with E-state index in [-0.39, 0.29) is 5.56 Å². The Kier molecular flexibility index (Phi) is 4.22. The van der Waals surface area contributed by atoms with Gasteiger partial charge in [0.2, 0.25) is 0 Å². The van der Waals surface area contributed by atoms with Gasteiger partial charge in [0.25, 0.3) is 5.56 Å². The van der Waals surface area contributed by atoms with Gasteiger partial charge < -0.3 is 4.98 Å². The molecule has 122 valence electrons. The molecule has 1 N–H and O–H groups in total. The topological polar surface area (TPSA) is 49.0 Å². The van der Waals surface area contributed by atoms with Gasteiger partial charge in [0, 0.05) is 36.6 Å².